The third-order valence-electron chi connectivity index (χ3n) is 4.62. The van der Waals surface area contributed by atoms with Crippen LogP contribution in [-0.4, -0.2) is 28.9 Å². The molecule has 0 saturated carbocycles. The van der Waals surface area contributed by atoms with Gasteiger partial charge in [0.05, 0.1) is 14.1 Å². The van der Waals surface area contributed by atoms with Crippen molar-refractivity contribution in [1.82, 2.24) is 14.8 Å². The first kappa shape index (κ1) is 19.9. The summed E-state index contributed by atoms with van der Waals surface area (Å²) >= 11 is 7.94. The first-order valence-electron chi connectivity index (χ1n) is 8.81. The molecule has 0 bridgehead atoms. The normalized spacial score (nSPS) is 13.7. The van der Waals surface area contributed by atoms with E-state index in [0.29, 0.717) is 0 Å². The van der Waals surface area contributed by atoms with Gasteiger partial charge in [0.25, 0.3) is 0 Å². The Labute approximate surface area is 168 Å². The summed E-state index contributed by atoms with van der Waals surface area (Å²) in [7, 11) is 4.15. The topological polar surface area (TPSA) is 35.2 Å². The maximum Gasteiger partial charge on any atom is 0.196 e. The molecule has 0 saturated heterocycles. The van der Waals surface area contributed by atoms with Crippen molar-refractivity contribution in [2.75, 3.05) is 14.1 Å². The molecule has 0 spiro atoms. The van der Waals surface area contributed by atoms with Gasteiger partial charge in [0.15, 0.2) is 11.0 Å². The predicted octanol–water partition coefficient (Wildman–Crippen LogP) is 4.12. The van der Waals surface area contributed by atoms with E-state index in [4.69, 9.17) is 11.6 Å². The fourth-order valence-corrected chi connectivity index (χ4v) is 4.16. The zero-order chi connectivity index (χ0) is 19.6. The Balaban J connectivity index is 2.02. The van der Waals surface area contributed by atoms with Crippen molar-refractivity contribution >= 4 is 23.4 Å². The molecule has 2 aromatic carbocycles. The third kappa shape index (κ3) is 4.34. The summed E-state index contributed by atoms with van der Waals surface area (Å²) in [5, 5.41) is 10.5. The molecule has 0 radical (unpaired) electrons. The summed E-state index contributed by atoms with van der Waals surface area (Å²) in [5.41, 5.74) is 1.89. The second-order valence-electron chi connectivity index (χ2n) is 6.73. The Morgan fingerprint density at radius 3 is 2.33 bits per heavy atom. The van der Waals surface area contributed by atoms with Crippen molar-refractivity contribution in [2.24, 2.45) is 0 Å². The van der Waals surface area contributed by atoms with E-state index in [9.17, 15) is 4.39 Å². The van der Waals surface area contributed by atoms with E-state index >= 15 is 0 Å². The van der Waals surface area contributed by atoms with Crippen molar-refractivity contribution in [3.8, 4) is 5.69 Å². The van der Waals surface area contributed by atoms with Gasteiger partial charge in [-0.15, -0.1) is 10.2 Å². The van der Waals surface area contributed by atoms with Crippen molar-refractivity contribution in [3.63, 3.8) is 0 Å². The molecular weight excluding hydrogens is 383 g/mol. The Morgan fingerprint density at radius 2 is 1.70 bits per heavy atom. The molecule has 0 unspecified atom stereocenters. The van der Waals surface area contributed by atoms with Crippen LogP contribution in [0, 0.1) is 5.82 Å². The molecule has 1 heterocycles. The van der Waals surface area contributed by atoms with Gasteiger partial charge >= 0.3 is 0 Å². The summed E-state index contributed by atoms with van der Waals surface area (Å²) in [6.07, 6.45) is 0. The lowest BCUT2D eigenvalue weighted by molar-refractivity contribution is -0.890. The summed E-state index contributed by atoms with van der Waals surface area (Å²) < 4.78 is 15.4. The van der Waals surface area contributed by atoms with Gasteiger partial charge in [0.2, 0.25) is 0 Å². The van der Waals surface area contributed by atoms with E-state index in [-0.39, 0.29) is 17.1 Å². The molecule has 0 aliphatic carbocycles. The highest BCUT2D eigenvalue weighted by Gasteiger charge is 2.25. The van der Waals surface area contributed by atoms with Crippen molar-refractivity contribution < 1.29 is 9.29 Å². The fraction of sp³-hybridized carbons (Fsp3) is 0.300. The monoisotopic (exact) mass is 405 g/mol. The molecular formula is C20H23ClFN4S+. The van der Waals surface area contributed by atoms with Gasteiger partial charge in [-0.1, -0.05) is 41.6 Å². The lowest BCUT2D eigenvalue weighted by Gasteiger charge is -2.19. The van der Waals surface area contributed by atoms with Gasteiger partial charge in [-0.05, 0) is 49.7 Å². The first-order valence-corrected chi connectivity index (χ1v) is 10.1. The van der Waals surface area contributed by atoms with Crippen LogP contribution in [0.2, 0.25) is 5.02 Å². The van der Waals surface area contributed by atoms with Crippen LogP contribution >= 0.6 is 23.4 Å². The number of hydrogen-bond acceptors (Lipinski definition) is 3. The fourth-order valence-electron chi connectivity index (χ4n) is 2.76. The number of nitrogens with zero attached hydrogens (tertiary/aromatic N) is 3. The largest absolute Gasteiger partial charge is 0.331 e. The minimum atomic E-state index is -0.265. The van der Waals surface area contributed by atoms with Crippen molar-refractivity contribution in [2.45, 2.75) is 30.3 Å². The van der Waals surface area contributed by atoms with Gasteiger partial charge in [-0.2, -0.15) is 0 Å². The van der Waals surface area contributed by atoms with Gasteiger partial charge in [0, 0.05) is 16.0 Å². The molecule has 27 heavy (non-hydrogen) atoms. The average Bonchev–Trinajstić information content (AvgIpc) is 3.05. The van der Waals surface area contributed by atoms with E-state index < -0.39 is 0 Å². The van der Waals surface area contributed by atoms with E-state index in [1.807, 2.05) is 28.8 Å². The van der Waals surface area contributed by atoms with E-state index in [0.717, 1.165) is 27.3 Å². The standard InChI is InChI=1S/C20H22ClFN4S/c1-13(25(3)4)19-23-24-20(26(19)16-11-9-15(22)10-12-16)27-14(2)17-7-5-6-8-18(17)21/h5-14H,1-4H3/p+1/t13-,14-/m0/s1. The molecule has 4 nitrogen and oxygen atoms in total. The molecule has 1 aromatic heterocycles. The van der Waals surface area contributed by atoms with Gasteiger partial charge in [-0.25, -0.2) is 4.39 Å². The SMILES string of the molecule is C[C@H](Sc1nnc([C@H](C)[NH+](C)C)n1-c1ccc(F)cc1)c1ccccc1Cl. The molecule has 3 rings (SSSR count). The lowest BCUT2D eigenvalue weighted by Crippen LogP contribution is -3.05. The van der Waals surface area contributed by atoms with Crippen LogP contribution in [0.1, 0.15) is 36.5 Å². The van der Waals surface area contributed by atoms with Crippen LogP contribution in [0.15, 0.2) is 53.7 Å². The molecule has 0 aliphatic rings. The molecule has 7 heteroatoms. The molecule has 0 amide bonds. The number of hydrogen-bond donors (Lipinski definition) is 1. The van der Waals surface area contributed by atoms with Crippen LogP contribution in [0.3, 0.4) is 0 Å². The smallest absolute Gasteiger partial charge is 0.196 e. The molecule has 2 atom stereocenters. The Bertz CT molecular complexity index is 911. The lowest BCUT2D eigenvalue weighted by atomic mass is 10.2. The Morgan fingerprint density at radius 1 is 1.04 bits per heavy atom. The number of aromatic nitrogens is 3. The second kappa shape index (κ2) is 8.42. The number of benzene rings is 2. The van der Waals surface area contributed by atoms with Crippen molar-refractivity contribution in [1.29, 1.82) is 0 Å². The van der Waals surface area contributed by atoms with Crippen LogP contribution < -0.4 is 4.90 Å². The minimum absolute atomic E-state index is 0.0944. The average molecular weight is 406 g/mol. The summed E-state index contributed by atoms with van der Waals surface area (Å²) in [4.78, 5) is 1.24. The van der Waals surface area contributed by atoms with E-state index in [1.165, 1.54) is 17.0 Å². The number of rotatable bonds is 6. The van der Waals surface area contributed by atoms with Gasteiger partial charge < -0.3 is 4.90 Å². The number of quaternary nitrogens is 1. The summed E-state index contributed by atoms with van der Waals surface area (Å²) in [6.45, 7) is 4.20. The van der Waals surface area contributed by atoms with E-state index in [1.54, 1.807) is 23.9 Å². The van der Waals surface area contributed by atoms with Crippen LogP contribution in [-0.2, 0) is 0 Å². The van der Waals surface area contributed by atoms with E-state index in [2.05, 4.69) is 38.1 Å². The third-order valence-corrected chi connectivity index (χ3v) is 6.05. The highest BCUT2D eigenvalue weighted by Crippen LogP contribution is 2.38. The van der Waals surface area contributed by atoms with Crippen LogP contribution in [0.5, 0.6) is 0 Å². The maximum atomic E-state index is 13.4. The molecule has 3 aromatic rings. The first-order chi connectivity index (χ1) is 12.9. The van der Waals surface area contributed by atoms with Gasteiger partial charge in [-0.3, -0.25) is 4.57 Å². The maximum absolute atomic E-state index is 13.4. The highest BCUT2D eigenvalue weighted by atomic mass is 35.5. The Kier molecular flexibility index (Phi) is 6.19. The Hall–Kier alpha value is -1.89. The molecule has 0 aliphatic heterocycles. The van der Waals surface area contributed by atoms with Crippen LogP contribution in [0.4, 0.5) is 4.39 Å². The predicted molar refractivity (Wildman–Crippen MR) is 108 cm³/mol. The van der Waals surface area contributed by atoms with Crippen LogP contribution in [0.25, 0.3) is 5.69 Å². The van der Waals surface area contributed by atoms with Gasteiger partial charge in [0.1, 0.15) is 11.9 Å². The molecule has 0 fully saturated rings. The quantitative estimate of drug-likeness (QED) is 0.626. The zero-order valence-corrected chi connectivity index (χ0v) is 17.4. The number of thioether (sulfide) groups is 1. The second-order valence-corrected chi connectivity index (χ2v) is 8.45. The summed E-state index contributed by atoms with van der Waals surface area (Å²) in [6, 6.07) is 14.4. The summed E-state index contributed by atoms with van der Waals surface area (Å²) in [5.74, 6) is 0.578. The number of halogens is 2. The molecule has 142 valence electrons. The zero-order valence-electron chi connectivity index (χ0n) is 15.8. The van der Waals surface area contributed by atoms with Crippen molar-refractivity contribution in [3.05, 3.63) is 70.8 Å². The number of nitrogens with one attached hydrogen (secondary N) is 1. The minimum Gasteiger partial charge on any atom is -0.331 e. The molecule has 1 N–H and O–H groups in total. The highest BCUT2D eigenvalue weighted by molar-refractivity contribution is 7.99.